The third kappa shape index (κ3) is 3.47. The van der Waals surface area contributed by atoms with Gasteiger partial charge in [-0.05, 0) is 32.4 Å². The highest BCUT2D eigenvalue weighted by Gasteiger charge is 2.23. The van der Waals surface area contributed by atoms with Crippen molar-refractivity contribution in [2.75, 3.05) is 13.7 Å². The summed E-state index contributed by atoms with van der Waals surface area (Å²) in [5, 5.41) is 6.02. The van der Waals surface area contributed by atoms with Crippen LogP contribution in [-0.4, -0.2) is 25.6 Å². The van der Waals surface area contributed by atoms with Crippen molar-refractivity contribution in [3.05, 3.63) is 29.3 Å². The molecular weight excluding hydrogens is 228 g/mol. The minimum atomic E-state index is -0.0313. The molecule has 18 heavy (non-hydrogen) atoms. The number of carbonyl (C=O) groups is 1. The molecule has 2 rings (SSSR count). The lowest BCUT2D eigenvalue weighted by atomic mass is 10.1. The van der Waals surface area contributed by atoms with Gasteiger partial charge in [-0.1, -0.05) is 18.2 Å². The summed E-state index contributed by atoms with van der Waals surface area (Å²) in [6.07, 6.45) is 2.20. The number of hydrogen-bond donors (Lipinski definition) is 2. The van der Waals surface area contributed by atoms with Crippen molar-refractivity contribution in [3.63, 3.8) is 0 Å². The fourth-order valence-corrected chi connectivity index (χ4v) is 1.88. The van der Waals surface area contributed by atoms with E-state index in [1.54, 1.807) is 0 Å². The maximum absolute atomic E-state index is 11.6. The van der Waals surface area contributed by atoms with Gasteiger partial charge in [0.05, 0.1) is 0 Å². The number of benzene rings is 1. The van der Waals surface area contributed by atoms with Gasteiger partial charge in [-0.15, -0.1) is 0 Å². The number of rotatable bonds is 6. The van der Waals surface area contributed by atoms with Crippen molar-refractivity contribution >= 4 is 5.91 Å². The fraction of sp³-hybridized carbons (Fsp3) is 0.500. The number of amides is 1. The first-order valence-electron chi connectivity index (χ1n) is 6.36. The third-order valence-electron chi connectivity index (χ3n) is 2.95. The number of ether oxygens (including phenoxy) is 1. The standard InChI is InChI=1S/C14H20N2O2/c1-10-4-3-5-11(8-15-2)14(10)18-9-13(17)16-12-6-7-12/h3-5,12,15H,6-9H2,1-2H3,(H,16,17). The fourth-order valence-electron chi connectivity index (χ4n) is 1.88. The highest BCUT2D eigenvalue weighted by Crippen LogP contribution is 2.23. The Balaban J connectivity index is 1.95. The molecule has 1 aliphatic rings. The van der Waals surface area contributed by atoms with Crippen LogP contribution < -0.4 is 15.4 Å². The van der Waals surface area contributed by atoms with Crippen molar-refractivity contribution < 1.29 is 9.53 Å². The van der Waals surface area contributed by atoms with E-state index >= 15 is 0 Å². The van der Waals surface area contributed by atoms with Crippen LogP contribution in [0.4, 0.5) is 0 Å². The molecule has 0 unspecified atom stereocenters. The predicted molar refractivity (Wildman–Crippen MR) is 70.6 cm³/mol. The van der Waals surface area contributed by atoms with Crippen LogP contribution in [0.1, 0.15) is 24.0 Å². The lowest BCUT2D eigenvalue weighted by Gasteiger charge is -2.13. The molecule has 0 spiro atoms. The molecule has 0 aliphatic heterocycles. The molecule has 1 amide bonds. The molecule has 0 atom stereocenters. The molecule has 0 aromatic heterocycles. The Morgan fingerprint density at radius 1 is 1.44 bits per heavy atom. The van der Waals surface area contributed by atoms with Gasteiger partial charge in [-0.25, -0.2) is 0 Å². The van der Waals surface area contributed by atoms with Gasteiger partial charge in [-0.2, -0.15) is 0 Å². The molecule has 0 heterocycles. The Kier molecular flexibility index (Phi) is 4.20. The van der Waals surface area contributed by atoms with Gasteiger partial charge < -0.3 is 15.4 Å². The lowest BCUT2D eigenvalue weighted by Crippen LogP contribution is -2.30. The van der Waals surface area contributed by atoms with Crippen molar-refractivity contribution in [3.8, 4) is 5.75 Å². The van der Waals surface area contributed by atoms with E-state index in [4.69, 9.17) is 4.74 Å². The molecule has 2 N–H and O–H groups in total. The average molecular weight is 248 g/mol. The second kappa shape index (κ2) is 5.87. The van der Waals surface area contributed by atoms with E-state index in [0.717, 1.165) is 36.3 Å². The Hall–Kier alpha value is -1.55. The highest BCUT2D eigenvalue weighted by molar-refractivity contribution is 5.78. The maximum Gasteiger partial charge on any atom is 0.258 e. The zero-order valence-electron chi connectivity index (χ0n) is 11.0. The second-order valence-electron chi connectivity index (χ2n) is 4.72. The zero-order valence-corrected chi connectivity index (χ0v) is 11.0. The second-order valence-corrected chi connectivity index (χ2v) is 4.72. The normalized spacial score (nSPS) is 14.3. The molecule has 0 bridgehead atoms. The van der Waals surface area contributed by atoms with E-state index in [9.17, 15) is 4.79 Å². The molecule has 1 aromatic rings. The van der Waals surface area contributed by atoms with Crippen LogP contribution in [0.3, 0.4) is 0 Å². The number of carbonyl (C=O) groups excluding carboxylic acids is 1. The van der Waals surface area contributed by atoms with Crippen molar-refractivity contribution in [1.29, 1.82) is 0 Å². The Labute approximate surface area is 108 Å². The molecule has 4 nitrogen and oxygen atoms in total. The first kappa shape index (κ1) is 12.9. The van der Waals surface area contributed by atoms with E-state index in [-0.39, 0.29) is 12.5 Å². The monoisotopic (exact) mass is 248 g/mol. The van der Waals surface area contributed by atoms with Crippen LogP contribution in [0.2, 0.25) is 0 Å². The van der Waals surface area contributed by atoms with Crippen LogP contribution in [-0.2, 0) is 11.3 Å². The summed E-state index contributed by atoms with van der Waals surface area (Å²) in [5.74, 6) is 0.786. The van der Waals surface area contributed by atoms with Crippen molar-refractivity contribution in [1.82, 2.24) is 10.6 Å². The quantitative estimate of drug-likeness (QED) is 0.799. The number of nitrogens with one attached hydrogen (secondary N) is 2. The predicted octanol–water partition coefficient (Wildman–Crippen LogP) is 1.37. The van der Waals surface area contributed by atoms with Gasteiger partial charge in [0.2, 0.25) is 0 Å². The summed E-state index contributed by atoms with van der Waals surface area (Å²) in [5.41, 5.74) is 2.14. The number of para-hydroxylation sites is 1. The molecule has 1 saturated carbocycles. The molecule has 0 radical (unpaired) electrons. The zero-order chi connectivity index (χ0) is 13.0. The lowest BCUT2D eigenvalue weighted by molar-refractivity contribution is -0.123. The minimum absolute atomic E-state index is 0.0313. The topological polar surface area (TPSA) is 50.4 Å². The average Bonchev–Trinajstić information content (AvgIpc) is 3.12. The van der Waals surface area contributed by atoms with E-state index in [2.05, 4.69) is 10.6 Å². The molecule has 1 aromatic carbocycles. The smallest absolute Gasteiger partial charge is 0.258 e. The van der Waals surface area contributed by atoms with Crippen LogP contribution >= 0.6 is 0 Å². The highest BCUT2D eigenvalue weighted by atomic mass is 16.5. The summed E-state index contributed by atoms with van der Waals surface area (Å²) in [7, 11) is 1.89. The third-order valence-corrected chi connectivity index (χ3v) is 2.95. The van der Waals surface area contributed by atoms with Gasteiger partial charge in [0.15, 0.2) is 6.61 Å². The largest absolute Gasteiger partial charge is 0.483 e. The van der Waals surface area contributed by atoms with Gasteiger partial charge in [0.25, 0.3) is 5.91 Å². The molecule has 1 aliphatic carbocycles. The van der Waals surface area contributed by atoms with Crippen LogP contribution in [0.25, 0.3) is 0 Å². The van der Waals surface area contributed by atoms with Crippen molar-refractivity contribution in [2.45, 2.75) is 32.4 Å². The first-order chi connectivity index (χ1) is 8.70. The Bertz CT molecular complexity index is 428. The summed E-state index contributed by atoms with van der Waals surface area (Å²) < 4.78 is 5.66. The molecule has 0 saturated heterocycles. The van der Waals surface area contributed by atoms with Crippen LogP contribution in [0.5, 0.6) is 5.75 Å². The SMILES string of the molecule is CNCc1cccc(C)c1OCC(=O)NC1CC1. The summed E-state index contributed by atoms with van der Waals surface area (Å²) in [4.78, 5) is 11.6. The van der Waals surface area contributed by atoms with E-state index < -0.39 is 0 Å². The van der Waals surface area contributed by atoms with Gasteiger partial charge >= 0.3 is 0 Å². The summed E-state index contributed by atoms with van der Waals surface area (Å²) >= 11 is 0. The van der Waals surface area contributed by atoms with E-state index in [0.29, 0.717) is 6.04 Å². The minimum Gasteiger partial charge on any atom is -0.483 e. The van der Waals surface area contributed by atoms with Gasteiger partial charge in [-0.3, -0.25) is 4.79 Å². The Morgan fingerprint density at radius 2 is 2.22 bits per heavy atom. The van der Waals surface area contributed by atoms with Crippen molar-refractivity contribution in [2.24, 2.45) is 0 Å². The van der Waals surface area contributed by atoms with Crippen LogP contribution in [0, 0.1) is 6.92 Å². The number of aryl methyl sites for hydroxylation is 1. The summed E-state index contributed by atoms with van der Waals surface area (Å²) in [6, 6.07) is 6.39. The van der Waals surface area contributed by atoms with Gasteiger partial charge in [0, 0.05) is 18.2 Å². The molecule has 4 heteroatoms. The first-order valence-corrected chi connectivity index (χ1v) is 6.36. The summed E-state index contributed by atoms with van der Waals surface area (Å²) in [6.45, 7) is 2.83. The molecule has 1 fully saturated rings. The van der Waals surface area contributed by atoms with Crippen LogP contribution in [0.15, 0.2) is 18.2 Å². The van der Waals surface area contributed by atoms with E-state index in [1.807, 2.05) is 32.2 Å². The number of hydrogen-bond acceptors (Lipinski definition) is 3. The maximum atomic E-state index is 11.6. The van der Waals surface area contributed by atoms with Gasteiger partial charge in [0.1, 0.15) is 5.75 Å². The van der Waals surface area contributed by atoms with E-state index in [1.165, 1.54) is 0 Å². The molecule has 98 valence electrons. The Morgan fingerprint density at radius 3 is 2.89 bits per heavy atom. The molecular formula is C14H20N2O2.